The van der Waals surface area contributed by atoms with Gasteiger partial charge in [0.05, 0.1) is 0 Å². The molecule has 2 fully saturated rings. The highest BCUT2D eigenvalue weighted by Gasteiger charge is 2.36. The molecule has 1 atom stereocenters. The lowest BCUT2D eigenvalue weighted by Gasteiger charge is -2.41. The van der Waals surface area contributed by atoms with Gasteiger partial charge in [0, 0.05) is 52.7 Å². The first-order valence-electron chi connectivity index (χ1n) is 5.85. The zero-order valence-corrected chi connectivity index (χ0v) is 9.79. The lowest BCUT2D eigenvalue weighted by molar-refractivity contribution is -0.230. The zero-order chi connectivity index (χ0) is 10.7. The summed E-state index contributed by atoms with van der Waals surface area (Å²) < 4.78 is 10.9. The monoisotopic (exact) mass is 214 g/mol. The van der Waals surface area contributed by atoms with Crippen LogP contribution in [0.3, 0.4) is 0 Å². The summed E-state index contributed by atoms with van der Waals surface area (Å²) in [6.07, 6.45) is 3.25. The molecular weight excluding hydrogens is 192 g/mol. The first kappa shape index (κ1) is 11.3. The highest BCUT2D eigenvalue weighted by Crippen LogP contribution is 2.28. The summed E-state index contributed by atoms with van der Waals surface area (Å²) in [5, 5.41) is 3.41. The Morgan fingerprint density at radius 3 is 2.33 bits per heavy atom. The molecule has 88 valence electrons. The van der Waals surface area contributed by atoms with Crippen LogP contribution in [0.25, 0.3) is 0 Å². The van der Waals surface area contributed by atoms with Gasteiger partial charge >= 0.3 is 0 Å². The van der Waals surface area contributed by atoms with E-state index in [0.717, 1.165) is 38.5 Å². The number of methoxy groups -OCH3 is 2. The van der Waals surface area contributed by atoms with Crippen LogP contribution in [0.4, 0.5) is 0 Å². The molecule has 0 aromatic heterocycles. The maximum Gasteiger partial charge on any atom is 0.169 e. The van der Waals surface area contributed by atoms with Gasteiger partial charge in [-0.2, -0.15) is 0 Å². The molecule has 0 spiro atoms. The third-order valence-corrected chi connectivity index (χ3v) is 3.85. The van der Waals surface area contributed by atoms with Crippen LogP contribution in [0, 0.1) is 0 Å². The van der Waals surface area contributed by atoms with Crippen molar-refractivity contribution in [2.75, 3.05) is 40.4 Å². The number of hydrogen-bond donors (Lipinski definition) is 1. The maximum absolute atomic E-state index is 5.47. The number of piperidine rings is 1. The minimum atomic E-state index is -0.317. The highest BCUT2D eigenvalue weighted by atomic mass is 16.7. The summed E-state index contributed by atoms with van der Waals surface area (Å²) in [5.74, 6) is -0.317. The van der Waals surface area contributed by atoms with Crippen molar-refractivity contribution >= 4 is 0 Å². The second-order valence-electron chi connectivity index (χ2n) is 4.50. The molecule has 0 aromatic rings. The Balaban J connectivity index is 1.85. The zero-order valence-electron chi connectivity index (χ0n) is 9.79. The quantitative estimate of drug-likeness (QED) is 0.691. The SMILES string of the molecule is COC1(OC)CCN(C2CCNC2)CC1. The number of ether oxygens (including phenoxy) is 2. The van der Waals surface area contributed by atoms with Gasteiger partial charge in [-0.15, -0.1) is 0 Å². The lowest BCUT2D eigenvalue weighted by Crippen LogP contribution is -2.50. The first-order valence-corrected chi connectivity index (χ1v) is 5.85. The van der Waals surface area contributed by atoms with E-state index in [1.165, 1.54) is 13.0 Å². The van der Waals surface area contributed by atoms with Gasteiger partial charge in [-0.25, -0.2) is 0 Å². The molecule has 0 bridgehead atoms. The van der Waals surface area contributed by atoms with E-state index in [9.17, 15) is 0 Å². The number of hydrogen-bond acceptors (Lipinski definition) is 4. The van der Waals surface area contributed by atoms with Crippen molar-refractivity contribution in [3.63, 3.8) is 0 Å². The van der Waals surface area contributed by atoms with Crippen LogP contribution in [-0.4, -0.2) is 57.1 Å². The maximum atomic E-state index is 5.47. The predicted molar refractivity (Wildman–Crippen MR) is 58.8 cm³/mol. The summed E-state index contributed by atoms with van der Waals surface area (Å²) >= 11 is 0. The van der Waals surface area contributed by atoms with Crippen molar-refractivity contribution in [1.29, 1.82) is 0 Å². The van der Waals surface area contributed by atoms with E-state index in [0.29, 0.717) is 0 Å². The Bertz CT molecular complexity index is 191. The van der Waals surface area contributed by atoms with E-state index in [1.807, 2.05) is 0 Å². The molecule has 0 aliphatic carbocycles. The molecule has 2 aliphatic rings. The Morgan fingerprint density at radius 2 is 1.87 bits per heavy atom. The third-order valence-electron chi connectivity index (χ3n) is 3.85. The van der Waals surface area contributed by atoms with Crippen LogP contribution in [0.1, 0.15) is 19.3 Å². The van der Waals surface area contributed by atoms with Gasteiger partial charge in [0.2, 0.25) is 0 Å². The van der Waals surface area contributed by atoms with Gasteiger partial charge in [0.1, 0.15) is 0 Å². The van der Waals surface area contributed by atoms with Gasteiger partial charge in [0.25, 0.3) is 0 Å². The molecule has 15 heavy (non-hydrogen) atoms. The van der Waals surface area contributed by atoms with Crippen LogP contribution < -0.4 is 5.32 Å². The van der Waals surface area contributed by atoms with Gasteiger partial charge in [-0.1, -0.05) is 0 Å². The summed E-state index contributed by atoms with van der Waals surface area (Å²) in [7, 11) is 3.49. The first-order chi connectivity index (χ1) is 7.29. The molecule has 2 heterocycles. The second kappa shape index (κ2) is 4.78. The number of likely N-dealkylation sites (tertiary alicyclic amines) is 1. The average molecular weight is 214 g/mol. The molecular formula is C11H22N2O2. The number of rotatable bonds is 3. The molecule has 2 aliphatic heterocycles. The molecule has 1 unspecified atom stereocenters. The highest BCUT2D eigenvalue weighted by molar-refractivity contribution is 4.87. The largest absolute Gasteiger partial charge is 0.353 e. The molecule has 0 saturated carbocycles. The fourth-order valence-electron chi connectivity index (χ4n) is 2.67. The molecule has 0 aromatic carbocycles. The molecule has 1 N–H and O–H groups in total. The Hall–Kier alpha value is -0.160. The van der Waals surface area contributed by atoms with Crippen molar-refractivity contribution < 1.29 is 9.47 Å². The molecule has 0 radical (unpaired) electrons. The van der Waals surface area contributed by atoms with Crippen molar-refractivity contribution in [3.05, 3.63) is 0 Å². The van der Waals surface area contributed by atoms with Gasteiger partial charge in [-0.3, -0.25) is 4.90 Å². The van der Waals surface area contributed by atoms with E-state index in [4.69, 9.17) is 9.47 Å². The predicted octanol–water partition coefficient (Wildman–Crippen LogP) is 0.433. The van der Waals surface area contributed by atoms with Crippen LogP contribution in [0.5, 0.6) is 0 Å². The van der Waals surface area contributed by atoms with Gasteiger partial charge in [-0.05, 0) is 13.0 Å². The van der Waals surface area contributed by atoms with Crippen LogP contribution in [0.2, 0.25) is 0 Å². The second-order valence-corrected chi connectivity index (χ2v) is 4.50. The standard InChI is InChI=1S/C11H22N2O2/c1-14-11(15-2)4-7-13(8-5-11)10-3-6-12-9-10/h10,12H,3-9H2,1-2H3. The van der Waals surface area contributed by atoms with Gasteiger partial charge < -0.3 is 14.8 Å². The Morgan fingerprint density at radius 1 is 1.20 bits per heavy atom. The Labute approximate surface area is 91.9 Å². The lowest BCUT2D eigenvalue weighted by atomic mass is 10.0. The van der Waals surface area contributed by atoms with Crippen molar-refractivity contribution in [1.82, 2.24) is 10.2 Å². The normalized spacial score (nSPS) is 32.0. The number of nitrogens with one attached hydrogen (secondary N) is 1. The van der Waals surface area contributed by atoms with E-state index in [1.54, 1.807) is 14.2 Å². The van der Waals surface area contributed by atoms with E-state index >= 15 is 0 Å². The van der Waals surface area contributed by atoms with Crippen LogP contribution >= 0.6 is 0 Å². The van der Waals surface area contributed by atoms with E-state index in [2.05, 4.69) is 10.2 Å². The van der Waals surface area contributed by atoms with Crippen LogP contribution in [-0.2, 0) is 9.47 Å². The summed E-state index contributed by atoms with van der Waals surface area (Å²) in [5.41, 5.74) is 0. The summed E-state index contributed by atoms with van der Waals surface area (Å²) in [4.78, 5) is 2.57. The molecule has 4 nitrogen and oxygen atoms in total. The van der Waals surface area contributed by atoms with Gasteiger partial charge in [0.15, 0.2) is 5.79 Å². The smallest absolute Gasteiger partial charge is 0.169 e. The van der Waals surface area contributed by atoms with E-state index < -0.39 is 0 Å². The molecule has 4 heteroatoms. The van der Waals surface area contributed by atoms with Crippen molar-refractivity contribution in [2.45, 2.75) is 31.1 Å². The Kier molecular flexibility index (Phi) is 3.61. The van der Waals surface area contributed by atoms with Crippen molar-refractivity contribution in [2.24, 2.45) is 0 Å². The average Bonchev–Trinajstić information content (AvgIpc) is 2.83. The fraction of sp³-hybridized carbons (Fsp3) is 1.00. The topological polar surface area (TPSA) is 33.7 Å². The molecule has 2 saturated heterocycles. The molecule has 0 amide bonds. The fourth-order valence-corrected chi connectivity index (χ4v) is 2.67. The minimum absolute atomic E-state index is 0.317. The van der Waals surface area contributed by atoms with Crippen LogP contribution in [0.15, 0.2) is 0 Å². The number of nitrogens with zero attached hydrogens (tertiary/aromatic N) is 1. The summed E-state index contributed by atoms with van der Waals surface area (Å²) in [6, 6.07) is 0.733. The van der Waals surface area contributed by atoms with Crippen molar-refractivity contribution in [3.8, 4) is 0 Å². The minimum Gasteiger partial charge on any atom is -0.353 e. The summed E-state index contributed by atoms with van der Waals surface area (Å²) in [6.45, 7) is 4.50. The molecule has 2 rings (SSSR count). The van der Waals surface area contributed by atoms with E-state index in [-0.39, 0.29) is 5.79 Å². The third kappa shape index (κ3) is 2.33.